The molecule has 6 nitrogen and oxygen atoms in total. The number of aromatic amines is 1. The van der Waals surface area contributed by atoms with Crippen LogP contribution in [0.1, 0.15) is 35.4 Å². The van der Waals surface area contributed by atoms with Crippen LogP contribution >= 0.6 is 23.1 Å². The maximum atomic E-state index is 12.3. The van der Waals surface area contributed by atoms with Gasteiger partial charge in [0.2, 0.25) is 0 Å². The Morgan fingerprint density at radius 3 is 2.95 bits per heavy atom. The van der Waals surface area contributed by atoms with Gasteiger partial charge in [-0.05, 0) is 33.3 Å². The van der Waals surface area contributed by atoms with Gasteiger partial charge in [0.1, 0.15) is 17.0 Å². The van der Waals surface area contributed by atoms with Gasteiger partial charge in [0.05, 0.1) is 10.6 Å². The summed E-state index contributed by atoms with van der Waals surface area (Å²) in [4.78, 5) is 21.8. The molecule has 3 aromatic rings. The smallest absolute Gasteiger partial charge is 0.259 e. The maximum Gasteiger partial charge on any atom is 0.259 e. The molecule has 0 bridgehead atoms. The van der Waals surface area contributed by atoms with Crippen molar-refractivity contribution in [2.24, 2.45) is 0 Å². The van der Waals surface area contributed by atoms with Crippen LogP contribution in [0.2, 0.25) is 0 Å². The average Bonchev–Trinajstić information content (AvgIpc) is 3.04. The van der Waals surface area contributed by atoms with Gasteiger partial charge in [0.15, 0.2) is 5.16 Å². The second-order valence-corrected chi connectivity index (χ2v) is 7.59. The Bertz CT molecular complexity index is 879. The number of thiophene rings is 1. The van der Waals surface area contributed by atoms with E-state index in [4.69, 9.17) is 0 Å². The summed E-state index contributed by atoms with van der Waals surface area (Å²) < 4.78 is 1.97. The first-order chi connectivity index (χ1) is 10.5. The van der Waals surface area contributed by atoms with Crippen LogP contribution in [-0.2, 0) is 6.54 Å². The van der Waals surface area contributed by atoms with Crippen molar-refractivity contribution in [1.29, 1.82) is 0 Å². The summed E-state index contributed by atoms with van der Waals surface area (Å²) in [6, 6.07) is 0. The first-order valence-corrected chi connectivity index (χ1v) is 8.75. The average molecular weight is 335 g/mol. The summed E-state index contributed by atoms with van der Waals surface area (Å²) in [6.07, 6.45) is 1.71. The van der Waals surface area contributed by atoms with Gasteiger partial charge in [-0.1, -0.05) is 11.8 Å². The highest BCUT2D eigenvalue weighted by Crippen LogP contribution is 2.33. The van der Waals surface area contributed by atoms with Crippen molar-refractivity contribution in [3.63, 3.8) is 0 Å². The van der Waals surface area contributed by atoms with Crippen molar-refractivity contribution in [2.75, 3.05) is 0 Å². The van der Waals surface area contributed by atoms with Crippen molar-refractivity contribution in [3.05, 3.63) is 32.9 Å². The largest absolute Gasteiger partial charge is 0.309 e. The maximum absolute atomic E-state index is 12.3. The minimum absolute atomic E-state index is 0.00527. The Labute approximate surface area is 136 Å². The Kier molecular flexibility index (Phi) is 4.05. The number of hydrogen-bond donors (Lipinski definition) is 1. The highest BCUT2D eigenvalue weighted by molar-refractivity contribution is 7.99. The minimum atomic E-state index is -0.0636. The molecule has 116 valence electrons. The van der Waals surface area contributed by atoms with E-state index in [2.05, 4.69) is 20.2 Å². The van der Waals surface area contributed by atoms with E-state index in [1.54, 1.807) is 29.4 Å². The molecule has 1 atom stereocenters. The number of aryl methyl sites for hydroxylation is 3. The summed E-state index contributed by atoms with van der Waals surface area (Å²) in [7, 11) is 0. The number of fused-ring (bicyclic) bond motifs is 1. The van der Waals surface area contributed by atoms with Crippen LogP contribution in [0.4, 0.5) is 0 Å². The van der Waals surface area contributed by atoms with Crippen molar-refractivity contribution in [1.82, 2.24) is 24.7 Å². The fraction of sp³-hybridized carbons (Fsp3) is 0.429. The Balaban J connectivity index is 1.98. The van der Waals surface area contributed by atoms with Crippen LogP contribution in [0.3, 0.4) is 0 Å². The number of nitrogens with one attached hydrogen (secondary N) is 1. The molecule has 0 saturated heterocycles. The van der Waals surface area contributed by atoms with Gasteiger partial charge in [-0.15, -0.1) is 21.5 Å². The molecule has 0 fully saturated rings. The summed E-state index contributed by atoms with van der Waals surface area (Å²) in [5.74, 6) is 0.675. The number of H-pyrrole nitrogens is 1. The third-order valence-electron chi connectivity index (χ3n) is 3.65. The lowest BCUT2D eigenvalue weighted by molar-refractivity contribution is 0.679. The van der Waals surface area contributed by atoms with Crippen molar-refractivity contribution in [3.8, 4) is 0 Å². The van der Waals surface area contributed by atoms with Crippen molar-refractivity contribution < 1.29 is 0 Å². The van der Waals surface area contributed by atoms with E-state index in [-0.39, 0.29) is 10.8 Å². The first kappa shape index (κ1) is 15.2. The molecular weight excluding hydrogens is 318 g/mol. The molecule has 0 aliphatic carbocycles. The van der Waals surface area contributed by atoms with Crippen molar-refractivity contribution in [2.45, 2.75) is 44.6 Å². The molecule has 22 heavy (non-hydrogen) atoms. The summed E-state index contributed by atoms with van der Waals surface area (Å²) >= 11 is 3.11. The van der Waals surface area contributed by atoms with Gasteiger partial charge < -0.3 is 9.55 Å². The predicted molar refractivity (Wildman–Crippen MR) is 89.7 cm³/mol. The van der Waals surface area contributed by atoms with E-state index in [0.29, 0.717) is 11.2 Å². The topological polar surface area (TPSA) is 76.5 Å². The zero-order valence-electron chi connectivity index (χ0n) is 12.9. The van der Waals surface area contributed by atoms with Gasteiger partial charge in [0, 0.05) is 11.4 Å². The Morgan fingerprint density at radius 2 is 2.23 bits per heavy atom. The highest BCUT2D eigenvalue weighted by atomic mass is 32.2. The lowest BCUT2D eigenvalue weighted by atomic mass is 10.2. The molecule has 0 saturated carbocycles. The Hall–Kier alpha value is -1.67. The molecule has 3 rings (SSSR count). The summed E-state index contributed by atoms with van der Waals surface area (Å²) in [5, 5.41) is 9.57. The van der Waals surface area contributed by atoms with Gasteiger partial charge in [-0.2, -0.15) is 0 Å². The fourth-order valence-electron chi connectivity index (χ4n) is 2.23. The van der Waals surface area contributed by atoms with Crippen LogP contribution in [0.5, 0.6) is 0 Å². The summed E-state index contributed by atoms with van der Waals surface area (Å²) in [6.45, 7) is 8.85. The zero-order valence-corrected chi connectivity index (χ0v) is 14.5. The minimum Gasteiger partial charge on any atom is -0.309 e. The van der Waals surface area contributed by atoms with Crippen LogP contribution in [0, 0.1) is 13.8 Å². The third-order valence-corrected chi connectivity index (χ3v) is 5.85. The van der Waals surface area contributed by atoms with Gasteiger partial charge >= 0.3 is 0 Å². The van der Waals surface area contributed by atoms with E-state index < -0.39 is 0 Å². The number of thioether (sulfide) groups is 1. The molecule has 8 heteroatoms. The number of rotatable bonds is 4. The molecule has 1 N–H and O–H groups in total. The second-order valence-electron chi connectivity index (χ2n) is 5.07. The Morgan fingerprint density at radius 1 is 1.45 bits per heavy atom. The molecule has 0 aliphatic heterocycles. The van der Waals surface area contributed by atoms with Crippen LogP contribution in [-0.4, -0.2) is 24.7 Å². The standard InChI is InChI=1S/C14H17N5OS2/c1-5-19-6-15-18-14(19)22-9(4)11-16-12(20)10-7(2)8(3)21-13(10)17-11/h6,9H,5H2,1-4H3,(H,16,17,20)/t9-/m0/s1. The van der Waals surface area contributed by atoms with E-state index in [0.717, 1.165) is 27.0 Å². The van der Waals surface area contributed by atoms with Crippen LogP contribution in [0.25, 0.3) is 10.2 Å². The normalized spacial score (nSPS) is 12.9. The molecule has 0 radical (unpaired) electrons. The van der Waals surface area contributed by atoms with E-state index in [1.165, 1.54) is 0 Å². The molecule has 0 aliphatic rings. The van der Waals surface area contributed by atoms with Gasteiger partial charge in [-0.3, -0.25) is 4.79 Å². The molecule has 3 aromatic heterocycles. The molecule has 0 spiro atoms. The van der Waals surface area contributed by atoms with Crippen molar-refractivity contribution >= 4 is 33.3 Å². The predicted octanol–water partition coefficient (Wildman–Crippen LogP) is 3.07. The second kappa shape index (κ2) is 5.85. The fourth-order valence-corrected chi connectivity index (χ4v) is 4.21. The van der Waals surface area contributed by atoms with Gasteiger partial charge in [-0.25, -0.2) is 4.98 Å². The molecule has 0 amide bonds. The molecular formula is C14H17N5OS2. The quantitative estimate of drug-likeness (QED) is 0.742. The van der Waals surface area contributed by atoms with Crippen LogP contribution in [0.15, 0.2) is 16.3 Å². The SMILES string of the molecule is CCn1cnnc1S[C@@H](C)c1nc2sc(C)c(C)c2c(=O)[nH]1. The van der Waals surface area contributed by atoms with E-state index in [1.807, 2.05) is 32.3 Å². The van der Waals surface area contributed by atoms with Crippen LogP contribution < -0.4 is 5.56 Å². The summed E-state index contributed by atoms with van der Waals surface area (Å²) in [5.41, 5.74) is 0.956. The molecule has 3 heterocycles. The molecule has 0 aromatic carbocycles. The number of nitrogens with zero attached hydrogens (tertiary/aromatic N) is 4. The lowest BCUT2D eigenvalue weighted by Gasteiger charge is -2.10. The third kappa shape index (κ3) is 2.56. The monoisotopic (exact) mass is 335 g/mol. The zero-order chi connectivity index (χ0) is 15.9. The first-order valence-electron chi connectivity index (χ1n) is 7.05. The van der Waals surface area contributed by atoms with E-state index in [9.17, 15) is 4.79 Å². The highest BCUT2D eigenvalue weighted by Gasteiger charge is 2.17. The van der Waals surface area contributed by atoms with Gasteiger partial charge in [0.25, 0.3) is 5.56 Å². The van der Waals surface area contributed by atoms with E-state index >= 15 is 0 Å². The lowest BCUT2D eigenvalue weighted by Crippen LogP contribution is -2.12. The molecule has 0 unspecified atom stereocenters. The number of hydrogen-bond acceptors (Lipinski definition) is 6. The number of aromatic nitrogens is 5.